The second kappa shape index (κ2) is 7.73. The molecule has 1 saturated heterocycles. The summed E-state index contributed by atoms with van der Waals surface area (Å²) >= 11 is 0. The highest BCUT2D eigenvalue weighted by Gasteiger charge is 2.53. The van der Waals surface area contributed by atoms with Crippen molar-refractivity contribution in [3.8, 4) is 0 Å². The van der Waals surface area contributed by atoms with Gasteiger partial charge in [0.2, 0.25) is 0 Å². The summed E-state index contributed by atoms with van der Waals surface area (Å²) < 4.78 is 11.4. The highest BCUT2D eigenvalue weighted by molar-refractivity contribution is 5.16. The van der Waals surface area contributed by atoms with Crippen molar-refractivity contribution in [3.05, 3.63) is 12.2 Å². The number of hydrogen-bond acceptors (Lipinski definition) is 6. The molecule has 3 aliphatic rings. The summed E-state index contributed by atoms with van der Waals surface area (Å²) in [5.74, 6) is 0.746. The molecule has 156 valence electrons. The van der Waals surface area contributed by atoms with Crippen molar-refractivity contribution >= 4 is 0 Å². The Morgan fingerprint density at radius 2 is 1.81 bits per heavy atom. The minimum Gasteiger partial charge on any atom is -0.394 e. The molecule has 0 aromatic rings. The van der Waals surface area contributed by atoms with Gasteiger partial charge >= 0.3 is 0 Å². The van der Waals surface area contributed by atoms with Crippen LogP contribution < -0.4 is 0 Å². The van der Waals surface area contributed by atoms with Crippen molar-refractivity contribution in [1.29, 1.82) is 0 Å². The molecule has 0 bridgehead atoms. The van der Waals surface area contributed by atoms with Crippen LogP contribution in [0.3, 0.4) is 0 Å². The van der Waals surface area contributed by atoms with Gasteiger partial charge in [0.05, 0.1) is 13.2 Å². The van der Waals surface area contributed by atoms with Crippen LogP contribution in [0, 0.1) is 22.7 Å². The molecule has 0 amide bonds. The number of ether oxygens (including phenoxy) is 2. The lowest BCUT2D eigenvalue weighted by Crippen LogP contribution is -2.59. The number of rotatable bonds is 4. The van der Waals surface area contributed by atoms with E-state index in [4.69, 9.17) is 9.47 Å². The van der Waals surface area contributed by atoms with Gasteiger partial charge in [-0.15, -0.1) is 0 Å². The van der Waals surface area contributed by atoms with E-state index in [0.717, 1.165) is 19.3 Å². The zero-order valence-corrected chi connectivity index (χ0v) is 16.8. The van der Waals surface area contributed by atoms with Gasteiger partial charge in [-0.05, 0) is 42.4 Å². The number of aliphatic hydroxyl groups excluding tert-OH is 4. The van der Waals surface area contributed by atoms with Crippen molar-refractivity contribution in [1.82, 2.24) is 0 Å². The van der Waals surface area contributed by atoms with Crippen molar-refractivity contribution in [2.45, 2.75) is 83.6 Å². The first-order chi connectivity index (χ1) is 12.6. The number of fused-ring (bicyclic) bond motifs is 1. The van der Waals surface area contributed by atoms with E-state index in [1.165, 1.54) is 18.4 Å². The third kappa shape index (κ3) is 3.72. The zero-order chi connectivity index (χ0) is 20.0. The van der Waals surface area contributed by atoms with E-state index in [2.05, 4.69) is 27.4 Å². The summed E-state index contributed by atoms with van der Waals surface area (Å²) in [5.41, 5.74) is 1.55. The molecule has 2 saturated carbocycles. The SMILES string of the molecule is C=C1CCC2C(C)(C)CCCC2(C)C1COC1OC(CO)C(O)C(O)C1O. The minimum absolute atomic E-state index is 0.0885. The molecule has 0 radical (unpaired) electrons. The monoisotopic (exact) mass is 384 g/mol. The fourth-order valence-corrected chi connectivity index (χ4v) is 5.98. The smallest absolute Gasteiger partial charge is 0.186 e. The third-order valence-electron chi connectivity index (χ3n) is 7.59. The van der Waals surface area contributed by atoms with Crippen LogP contribution in [0.1, 0.15) is 52.9 Å². The van der Waals surface area contributed by atoms with Gasteiger partial charge in [0, 0.05) is 5.92 Å². The van der Waals surface area contributed by atoms with E-state index in [0.29, 0.717) is 12.5 Å². The average Bonchev–Trinajstić information content (AvgIpc) is 2.60. The van der Waals surface area contributed by atoms with Crippen LogP contribution in [0.4, 0.5) is 0 Å². The molecule has 6 nitrogen and oxygen atoms in total. The Hall–Kier alpha value is -0.500. The Balaban J connectivity index is 1.73. The Morgan fingerprint density at radius 1 is 1.11 bits per heavy atom. The summed E-state index contributed by atoms with van der Waals surface area (Å²) in [6, 6.07) is 0. The van der Waals surface area contributed by atoms with E-state index in [1.807, 2.05) is 0 Å². The molecule has 8 unspecified atom stereocenters. The number of aliphatic hydroxyl groups is 4. The van der Waals surface area contributed by atoms with Crippen molar-refractivity contribution in [3.63, 3.8) is 0 Å². The van der Waals surface area contributed by atoms with Crippen LogP contribution in [0.2, 0.25) is 0 Å². The van der Waals surface area contributed by atoms with Gasteiger partial charge < -0.3 is 29.9 Å². The van der Waals surface area contributed by atoms with Gasteiger partial charge in [-0.3, -0.25) is 0 Å². The lowest BCUT2D eigenvalue weighted by molar-refractivity contribution is -0.305. The van der Waals surface area contributed by atoms with Crippen molar-refractivity contribution in [2.75, 3.05) is 13.2 Å². The van der Waals surface area contributed by atoms with Gasteiger partial charge in [0.1, 0.15) is 24.4 Å². The minimum atomic E-state index is -1.41. The first-order valence-corrected chi connectivity index (χ1v) is 10.2. The van der Waals surface area contributed by atoms with Crippen LogP contribution in [0.5, 0.6) is 0 Å². The molecule has 3 rings (SSSR count). The Kier molecular flexibility index (Phi) is 6.07. The van der Waals surface area contributed by atoms with E-state index in [1.54, 1.807) is 0 Å². The second-order valence-corrected chi connectivity index (χ2v) is 9.68. The van der Waals surface area contributed by atoms with Crippen LogP contribution in [0.15, 0.2) is 12.2 Å². The maximum absolute atomic E-state index is 10.2. The lowest BCUT2D eigenvalue weighted by Gasteiger charge is -2.58. The molecule has 2 aliphatic carbocycles. The summed E-state index contributed by atoms with van der Waals surface area (Å²) in [6.07, 6.45) is -0.472. The first kappa shape index (κ1) is 21.2. The van der Waals surface area contributed by atoms with Gasteiger partial charge in [0.15, 0.2) is 6.29 Å². The topological polar surface area (TPSA) is 99.4 Å². The first-order valence-electron chi connectivity index (χ1n) is 10.2. The molecule has 0 aromatic carbocycles. The lowest BCUT2D eigenvalue weighted by atomic mass is 9.48. The predicted octanol–water partition coefficient (Wildman–Crippen LogP) is 1.60. The Bertz CT molecular complexity index is 547. The zero-order valence-electron chi connectivity index (χ0n) is 16.8. The Labute approximate surface area is 162 Å². The molecular formula is C21H36O6. The fourth-order valence-electron chi connectivity index (χ4n) is 5.98. The van der Waals surface area contributed by atoms with Crippen LogP contribution in [-0.2, 0) is 9.47 Å². The molecule has 1 aliphatic heterocycles. The van der Waals surface area contributed by atoms with Crippen molar-refractivity contribution in [2.24, 2.45) is 22.7 Å². The average molecular weight is 385 g/mol. The molecule has 0 spiro atoms. The molecule has 3 fully saturated rings. The van der Waals surface area contributed by atoms with E-state index in [9.17, 15) is 20.4 Å². The fraction of sp³-hybridized carbons (Fsp3) is 0.905. The van der Waals surface area contributed by atoms with Crippen LogP contribution >= 0.6 is 0 Å². The molecule has 4 N–H and O–H groups in total. The van der Waals surface area contributed by atoms with E-state index >= 15 is 0 Å². The molecule has 6 heteroatoms. The summed E-state index contributed by atoms with van der Waals surface area (Å²) in [7, 11) is 0. The predicted molar refractivity (Wildman–Crippen MR) is 101 cm³/mol. The van der Waals surface area contributed by atoms with Crippen molar-refractivity contribution < 1.29 is 29.9 Å². The maximum atomic E-state index is 10.2. The molecule has 8 atom stereocenters. The summed E-state index contributed by atoms with van der Waals surface area (Å²) in [4.78, 5) is 0. The summed E-state index contributed by atoms with van der Waals surface area (Å²) in [6.45, 7) is 11.3. The standard InChI is InChI=1S/C21H36O6/c1-12-6-7-15-20(2,3)8-5-9-21(15,4)13(12)11-26-19-18(25)17(24)16(23)14(10-22)27-19/h13-19,22-25H,1,5-11H2,2-4H3. The highest BCUT2D eigenvalue weighted by Crippen LogP contribution is 2.60. The molecule has 0 aromatic heterocycles. The van der Waals surface area contributed by atoms with E-state index in [-0.39, 0.29) is 16.7 Å². The largest absolute Gasteiger partial charge is 0.394 e. The van der Waals surface area contributed by atoms with E-state index < -0.39 is 37.3 Å². The van der Waals surface area contributed by atoms with Crippen LogP contribution in [-0.4, -0.2) is 64.3 Å². The molecule has 27 heavy (non-hydrogen) atoms. The number of hydrogen-bond donors (Lipinski definition) is 4. The molecule has 1 heterocycles. The van der Waals surface area contributed by atoms with Gasteiger partial charge in [-0.2, -0.15) is 0 Å². The van der Waals surface area contributed by atoms with Gasteiger partial charge in [0.25, 0.3) is 0 Å². The third-order valence-corrected chi connectivity index (χ3v) is 7.59. The highest BCUT2D eigenvalue weighted by atomic mass is 16.7. The quantitative estimate of drug-likeness (QED) is 0.550. The van der Waals surface area contributed by atoms with Gasteiger partial charge in [-0.1, -0.05) is 39.3 Å². The normalized spacial score (nSPS) is 47.5. The molecular weight excluding hydrogens is 348 g/mol. The second-order valence-electron chi connectivity index (χ2n) is 9.68. The summed E-state index contributed by atoms with van der Waals surface area (Å²) in [5, 5.41) is 39.5. The van der Waals surface area contributed by atoms with Crippen LogP contribution in [0.25, 0.3) is 0 Å². The Morgan fingerprint density at radius 3 is 2.48 bits per heavy atom. The maximum Gasteiger partial charge on any atom is 0.186 e. The van der Waals surface area contributed by atoms with Gasteiger partial charge in [-0.25, -0.2) is 0 Å².